The molecule has 0 aromatic rings. The Morgan fingerprint density at radius 1 is 1.15 bits per heavy atom. The zero-order valence-electron chi connectivity index (χ0n) is 8.42. The van der Waals surface area contributed by atoms with Crippen molar-refractivity contribution in [3.8, 4) is 0 Å². The Kier molecular flexibility index (Phi) is 3.38. The minimum Gasteiger partial charge on any atom is -1.00 e. The molecule has 0 aromatic carbocycles. The Morgan fingerprint density at radius 3 is 2.08 bits per heavy atom. The molecular formula is C10H18INO. The lowest BCUT2D eigenvalue weighted by atomic mass is 9.76. The van der Waals surface area contributed by atoms with E-state index < -0.39 is 0 Å². The van der Waals surface area contributed by atoms with Gasteiger partial charge in [-0.1, -0.05) is 6.42 Å². The van der Waals surface area contributed by atoms with E-state index in [4.69, 9.17) is 0 Å². The molecule has 76 valence electrons. The van der Waals surface area contributed by atoms with Gasteiger partial charge in [0.05, 0.1) is 39.0 Å². The quantitative estimate of drug-likeness (QED) is 0.376. The van der Waals surface area contributed by atoms with Crippen LogP contribution in [0.1, 0.15) is 19.3 Å². The summed E-state index contributed by atoms with van der Waals surface area (Å²) in [6.07, 6.45) is 3.58. The molecule has 2 bridgehead atoms. The van der Waals surface area contributed by atoms with Crippen LogP contribution in [0.4, 0.5) is 0 Å². The zero-order valence-corrected chi connectivity index (χ0v) is 10.6. The maximum Gasteiger partial charge on any atom is 0.150 e. The molecule has 0 N–H and O–H groups in total. The summed E-state index contributed by atoms with van der Waals surface area (Å²) >= 11 is 0. The number of Topliss-reactive ketones (excluding diaryl/α,β-unsaturated/α-hetero) is 1. The summed E-state index contributed by atoms with van der Waals surface area (Å²) in [5.41, 5.74) is 0. The SMILES string of the molecule is C[N+]1(C)C[C@H]2CCC[C@@H](C1)C2=O.[I-]. The smallest absolute Gasteiger partial charge is 0.150 e. The molecule has 1 aliphatic carbocycles. The first-order valence-electron chi connectivity index (χ1n) is 4.94. The Labute approximate surface area is 97.3 Å². The fourth-order valence-corrected chi connectivity index (χ4v) is 2.86. The van der Waals surface area contributed by atoms with Gasteiger partial charge in [0.1, 0.15) is 5.78 Å². The first-order chi connectivity index (χ1) is 5.58. The molecule has 13 heavy (non-hydrogen) atoms. The minimum absolute atomic E-state index is 0. The van der Waals surface area contributed by atoms with Crippen LogP contribution in [-0.2, 0) is 4.79 Å². The van der Waals surface area contributed by atoms with Gasteiger partial charge in [-0.15, -0.1) is 0 Å². The Morgan fingerprint density at radius 2 is 1.62 bits per heavy atom. The Bertz CT molecular complexity index is 197. The van der Waals surface area contributed by atoms with Gasteiger partial charge in [0.25, 0.3) is 0 Å². The Balaban J connectivity index is 0.000000845. The van der Waals surface area contributed by atoms with Crippen LogP contribution in [0.15, 0.2) is 0 Å². The van der Waals surface area contributed by atoms with Gasteiger partial charge in [-0.05, 0) is 12.8 Å². The first-order valence-corrected chi connectivity index (χ1v) is 4.94. The fraction of sp³-hybridized carbons (Fsp3) is 0.900. The van der Waals surface area contributed by atoms with Crippen LogP contribution in [0.3, 0.4) is 0 Å². The van der Waals surface area contributed by atoms with Crippen LogP contribution in [0, 0.1) is 11.8 Å². The van der Waals surface area contributed by atoms with Crippen molar-refractivity contribution >= 4 is 5.78 Å². The minimum atomic E-state index is 0. The molecule has 0 amide bonds. The zero-order chi connectivity index (χ0) is 8.77. The van der Waals surface area contributed by atoms with Gasteiger partial charge in [0.15, 0.2) is 0 Å². The summed E-state index contributed by atoms with van der Waals surface area (Å²) in [5.74, 6) is 1.36. The number of piperidine rings is 1. The number of nitrogens with zero attached hydrogens (tertiary/aromatic N) is 1. The summed E-state index contributed by atoms with van der Waals surface area (Å²) in [7, 11) is 4.50. The highest BCUT2D eigenvalue weighted by molar-refractivity contribution is 5.84. The molecule has 1 aliphatic heterocycles. The number of likely N-dealkylation sites (tertiary alicyclic amines) is 1. The van der Waals surface area contributed by atoms with Crippen molar-refractivity contribution < 1.29 is 33.3 Å². The second-order valence-electron chi connectivity index (χ2n) is 5.03. The van der Waals surface area contributed by atoms with Crippen LogP contribution in [0.25, 0.3) is 0 Å². The van der Waals surface area contributed by atoms with Gasteiger partial charge >= 0.3 is 0 Å². The average molecular weight is 295 g/mol. The van der Waals surface area contributed by atoms with E-state index in [1.807, 2.05) is 0 Å². The molecule has 3 heteroatoms. The third-order valence-corrected chi connectivity index (χ3v) is 3.34. The molecule has 2 nitrogen and oxygen atoms in total. The van der Waals surface area contributed by atoms with Crippen molar-refractivity contribution in [2.24, 2.45) is 11.8 Å². The summed E-state index contributed by atoms with van der Waals surface area (Å²) in [5, 5.41) is 0. The number of halogens is 1. The van der Waals surface area contributed by atoms with E-state index in [-0.39, 0.29) is 24.0 Å². The highest BCUT2D eigenvalue weighted by Gasteiger charge is 2.43. The predicted molar refractivity (Wildman–Crippen MR) is 47.7 cm³/mol. The number of hydrogen-bond donors (Lipinski definition) is 0. The van der Waals surface area contributed by atoms with Crippen molar-refractivity contribution in [2.75, 3.05) is 27.2 Å². The van der Waals surface area contributed by atoms with E-state index in [9.17, 15) is 4.79 Å². The lowest BCUT2D eigenvalue weighted by Crippen LogP contribution is -3.00. The van der Waals surface area contributed by atoms with Gasteiger partial charge in [0.2, 0.25) is 0 Å². The highest BCUT2D eigenvalue weighted by Crippen LogP contribution is 2.33. The van der Waals surface area contributed by atoms with Crippen molar-refractivity contribution in [2.45, 2.75) is 19.3 Å². The van der Waals surface area contributed by atoms with E-state index in [1.165, 1.54) is 6.42 Å². The van der Waals surface area contributed by atoms with Gasteiger partial charge in [-0.25, -0.2) is 0 Å². The molecule has 2 atom stereocenters. The second-order valence-corrected chi connectivity index (χ2v) is 5.03. The fourth-order valence-electron chi connectivity index (χ4n) is 2.86. The van der Waals surface area contributed by atoms with Crippen LogP contribution in [-0.4, -0.2) is 37.5 Å². The molecule has 0 radical (unpaired) electrons. The van der Waals surface area contributed by atoms with Crippen LogP contribution < -0.4 is 24.0 Å². The average Bonchev–Trinajstić information content (AvgIpc) is 1.92. The van der Waals surface area contributed by atoms with Gasteiger partial charge in [-0.2, -0.15) is 0 Å². The number of quaternary nitrogens is 1. The van der Waals surface area contributed by atoms with Crippen molar-refractivity contribution in [3.05, 3.63) is 0 Å². The summed E-state index contributed by atoms with van der Waals surface area (Å²) in [6.45, 7) is 2.16. The van der Waals surface area contributed by atoms with Crippen LogP contribution in [0.2, 0.25) is 0 Å². The molecule has 1 saturated carbocycles. The van der Waals surface area contributed by atoms with Crippen molar-refractivity contribution in [3.63, 3.8) is 0 Å². The molecule has 2 rings (SSSR count). The van der Waals surface area contributed by atoms with E-state index in [0.717, 1.165) is 30.4 Å². The van der Waals surface area contributed by atoms with E-state index in [1.54, 1.807) is 0 Å². The second kappa shape index (κ2) is 3.85. The molecular weight excluding hydrogens is 277 g/mol. The molecule has 0 unspecified atom stereocenters. The maximum atomic E-state index is 11.7. The number of fused-ring (bicyclic) bond motifs is 2. The lowest BCUT2D eigenvalue weighted by Gasteiger charge is -2.43. The topological polar surface area (TPSA) is 17.1 Å². The number of ketones is 1. The molecule has 1 heterocycles. The summed E-state index contributed by atoms with van der Waals surface area (Å²) in [4.78, 5) is 11.7. The Hall–Kier alpha value is 0.360. The molecule has 1 saturated heterocycles. The van der Waals surface area contributed by atoms with Crippen LogP contribution >= 0.6 is 0 Å². The number of hydrogen-bond acceptors (Lipinski definition) is 1. The number of carbonyl (C=O) groups excluding carboxylic acids is 1. The van der Waals surface area contributed by atoms with Gasteiger partial charge in [-0.3, -0.25) is 4.79 Å². The number of rotatable bonds is 0. The van der Waals surface area contributed by atoms with E-state index in [2.05, 4.69) is 14.1 Å². The van der Waals surface area contributed by atoms with Crippen molar-refractivity contribution in [1.29, 1.82) is 0 Å². The largest absolute Gasteiger partial charge is 1.00 e. The summed E-state index contributed by atoms with van der Waals surface area (Å²) in [6, 6.07) is 0. The normalized spacial score (nSPS) is 36.6. The molecule has 2 aliphatic rings. The van der Waals surface area contributed by atoms with E-state index >= 15 is 0 Å². The summed E-state index contributed by atoms with van der Waals surface area (Å²) < 4.78 is 1.06. The molecule has 0 spiro atoms. The van der Waals surface area contributed by atoms with Gasteiger partial charge in [0, 0.05) is 0 Å². The third kappa shape index (κ3) is 2.24. The van der Waals surface area contributed by atoms with Gasteiger partial charge < -0.3 is 28.5 Å². The third-order valence-electron chi connectivity index (χ3n) is 3.34. The maximum absolute atomic E-state index is 11.7. The monoisotopic (exact) mass is 295 g/mol. The highest BCUT2D eigenvalue weighted by atomic mass is 127. The molecule has 2 fully saturated rings. The van der Waals surface area contributed by atoms with Crippen LogP contribution in [0.5, 0.6) is 0 Å². The van der Waals surface area contributed by atoms with Crippen molar-refractivity contribution in [1.82, 2.24) is 0 Å². The number of carbonyl (C=O) groups is 1. The molecule has 0 aromatic heterocycles. The predicted octanol–water partition coefficient (Wildman–Crippen LogP) is -1.93. The van der Waals surface area contributed by atoms with E-state index in [0.29, 0.717) is 17.6 Å². The first kappa shape index (κ1) is 11.4. The lowest BCUT2D eigenvalue weighted by molar-refractivity contribution is -0.898. The standard InChI is InChI=1S/C10H18NO.HI/c1-11(2)6-8-4-3-5-9(7-11)10(8)12;/h8-9H,3-7H2,1-2H3;1H/q+1;/p-1/t8-,9+;.